The van der Waals surface area contributed by atoms with Crippen molar-refractivity contribution in [2.24, 2.45) is 0 Å². The molecule has 0 unspecified atom stereocenters. The van der Waals surface area contributed by atoms with Gasteiger partial charge in [-0.1, -0.05) is 18.7 Å². The van der Waals surface area contributed by atoms with Crippen molar-refractivity contribution in [3.05, 3.63) is 60.7 Å². The summed E-state index contributed by atoms with van der Waals surface area (Å²) < 4.78 is 53.9. The summed E-state index contributed by atoms with van der Waals surface area (Å²) in [6, 6.07) is 6.07. The summed E-state index contributed by atoms with van der Waals surface area (Å²) in [5, 5.41) is 15.1. The number of alkyl halides is 3. The summed E-state index contributed by atoms with van der Waals surface area (Å²) in [7, 11) is 0. The van der Waals surface area contributed by atoms with Crippen molar-refractivity contribution >= 4 is 16.9 Å². The molecule has 5 rings (SSSR count). The number of carbonyl (C=O) groups excluding carboxylic acids is 1. The smallest absolute Gasteiger partial charge is 0.332 e. The van der Waals surface area contributed by atoms with E-state index in [0.29, 0.717) is 33.5 Å². The van der Waals surface area contributed by atoms with Gasteiger partial charge in [-0.25, -0.2) is 4.39 Å². The van der Waals surface area contributed by atoms with Gasteiger partial charge in [0.15, 0.2) is 5.83 Å². The fourth-order valence-electron chi connectivity index (χ4n) is 3.83. The maximum atomic E-state index is 13.2. The maximum absolute atomic E-state index is 13.2. The summed E-state index contributed by atoms with van der Waals surface area (Å²) >= 11 is 0. The number of pyridine rings is 1. The first kappa shape index (κ1) is 20.8. The van der Waals surface area contributed by atoms with Gasteiger partial charge >= 0.3 is 6.18 Å². The number of likely N-dealkylation sites (tertiary alicyclic amines) is 1. The number of carbonyl (C=O) groups is 1. The summed E-state index contributed by atoms with van der Waals surface area (Å²) in [5.41, 5.74) is 2.26. The first-order valence-corrected chi connectivity index (χ1v) is 9.78. The molecular weight excluding hydrogens is 442 g/mol. The Bertz CT molecular complexity index is 1350. The molecule has 4 heterocycles. The van der Waals surface area contributed by atoms with Gasteiger partial charge in [0, 0.05) is 30.4 Å². The van der Waals surface area contributed by atoms with Gasteiger partial charge < -0.3 is 4.90 Å². The third-order valence-electron chi connectivity index (χ3n) is 5.49. The van der Waals surface area contributed by atoms with E-state index in [-0.39, 0.29) is 19.1 Å². The second-order valence-electron chi connectivity index (χ2n) is 7.55. The van der Waals surface area contributed by atoms with Crippen LogP contribution in [-0.2, 0) is 11.0 Å². The third-order valence-corrected chi connectivity index (χ3v) is 5.49. The van der Waals surface area contributed by atoms with Crippen LogP contribution in [0.2, 0.25) is 0 Å². The largest absolute Gasteiger partial charge is 0.416 e. The van der Waals surface area contributed by atoms with Crippen LogP contribution in [0.3, 0.4) is 0 Å². The lowest BCUT2D eigenvalue weighted by molar-refractivity contribution is -0.137. The number of benzene rings is 1. The molecule has 0 aliphatic carbocycles. The molecule has 1 N–H and O–H groups in total. The average molecular weight is 457 g/mol. The van der Waals surface area contributed by atoms with Crippen LogP contribution in [0.4, 0.5) is 17.6 Å². The van der Waals surface area contributed by atoms with Gasteiger partial charge in [0.25, 0.3) is 5.91 Å². The molecular formula is C21H15F4N7O. The van der Waals surface area contributed by atoms with Crippen molar-refractivity contribution in [2.45, 2.75) is 12.2 Å². The summed E-state index contributed by atoms with van der Waals surface area (Å²) in [4.78, 5) is 17.6. The Labute approximate surface area is 183 Å². The average Bonchev–Trinajstić information content (AvgIpc) is 3.41. The molecule has 1 amide bonds. The molecule has 12 heteroatoms. The molecule has 1 aliphatic rings. The fraction of sp³-hybridized carbons (Fsp3) is 0.190. The van der Waals surface area contributed by atoms with Crippen LogP contribution in [0.5, 0.6) is 0 Å². The second kappa shape index (κ2) is 7.50. The Morgan fingerprint density at radius 3 is 2.48 bits per heavy atom. The number of fused-ring (bicyclic) bond motifs is 1. The van der Waals surface area contributed by atoms with Crippen LogP contribution >= 0.6 is 0 Å². The van der Waals surface area contributed by atoms with Gasteiger partial charge in [0.1, 0.15) is 16.9 Å². The Balaban J connectivity index is 1.62. The molecule has 8 nitrogen and oxygen atoms in total. The van der Waals surface area contributed by atoms with Crippen molar-refractivity contribution in [3.63, 3.8) is 0 Å². The van der Waals surface area contributed by atoms with Crippen LogP contribution < -0.4 is 0 Å². The predicted octanol–water partition coefficient (Wildman–Crippen LogP) is 3.77. The maximum Gasteiger partial charge on any atom is 0.416 e. The van der Waals surface area contributed by atoms with E-state index in [1.165, 1.54) is 23.2 Å². The van der Waals surface area contributed by atoms with Crippen molar-refractivity contribution in [3.8, 4) is 22.5 Å². The van der Waals surface area contributed by atoms with Gasteiger partial charge in [-0.05, 0) is 18.2 Å². The van der Waals surface area contributed by atoms with E-state index in [1.54, 1.807) is 16.9 Å². The molecule has 168 valence electrons. The van der Waals surface area contributed by atoms with E-state index in [0.717, 1.165) is 12.1 Å². The van der Waals surface area contributed by atoms with Crippen molar-refractivity contribution in [1.29, 1.82) is 0 Å². The number of hydrogen-bond donors (Lipinski definition) is 1. The topological polar surface area (TPSA) is 92.6 Å². The Kier molecular flexibility index (Phi) is 4.73. The van der Waals surface area contributed by atoms with Crippen LogP contribution in [0.15, 0.2) is 55.1 Å². The standard InChI is InChI=1S/C21H15F4N7O/c1-11(22)20(33)31-9-14(10-31)32-19-15(16-8-27-30-28-16)6-7-26-18(19)17(29-32)12-2-4-13(5-3-12)21(23,24)25/h2-8,14H,1,9-10H2,(H,27,28,30). The molecule has 3 aromatic heterocycles. The highest BCUT2D eigenvalue weighted by Gasteiger charge is 2.36. The van der Waals surface area contributed by atoms with Gasteiger partial charge in [-0.2, -0.15) is 33.7 Å². The number of halogens is 4. The minimum absolute atomic E-state index is 0.193. The molecule has 1 fully saturated rings. The van der Waals surface area contributed by atoms with Gasteiger partial charge in [0.2, 0.25) is 0 Å². The minimum Gasteiger partial charge on any atom is -0.332 e. The monoisotopic (exact) mass is 457 g/mol. The number of aromatic amines is 1. The fourth-order valence-corrected chi connectivity index (χ4v) is 3.83. The van der Waals surface area contributed by atoms with Crippen LogP contribution in [0, 0.1) is 0 Å². The number of rotatable bonds is 4. The van der Waals surface area contributed by atoms with E-state index in [9.17, 15) is 22.4 Å². The summed E-state index contributed by atoms with van der Waals surface area (Å²) in [6.45, 7) is 3.42. The number of amides is 1. The highest BCUT2D eigenvalue weighted by molar-refractivity contribution is 5.98. The quantitative estimate of drug-likeness (QED) is 0.372. The first-order valence-electron chi connectivity index (χ1n) is 9.78. The van der Waals surface area contributed by atoms with E-state index in [1.807, 2.05) is 0 Å². The Morgan fingerprint density at radius 1 is 1.15 bits per heavy atom. The molecule has 33 heavy (non-hydrogen) atoms. The zero-order valence-corrected chi connectivity index (χ0v) is 16.8. The molecule has 0 saturated carbocycles. The SMILES string of the molecule is C=C(F)C(=O)N1CC(n2nc(-c3ccc(C(F)(F)F)cc3)c3nccc(-c4cn[nH]n4)c32)C1. The van der Waals surface area contributed by atoms with Crippen molar-refractivity contribution < 1.29 is 22.4 Å². The van der Waals surface area contributed by atoms with Crippen LogP contribution in [-0.4, -0.2) is 54.1 Å². The van der Waals surface area contributed by atoms with Crippen LogP contribution in [0.1, 0.15) is 11.6 Å². The summed E-state index contributed by atoms with van der Waals surface area (Å²) in [6.07, 6.45) is -1.38. The van der Waals surface area contributed by atoms with Crippen molar-refractivity contribution in [2.75, 3.05) is 13.1 Å². The van der Waals surface area contributed by atoms with E-state index < -0.39 is 23.5 Å². The molecule has 0 spiro atoms. The third kappa shape index (κ3) is 3.52. The molecule has 0 radical (unpaired) electrons. The molecule has 1 saturated heterocycles. The number of H-pyrrole nitrogens is 1. The first-order chi connectivity index (χ1) is 15.7. The molecule has 0 bridgehead atoms. The highest BCUT2D eigenvalue weighted by Crippen LogP contribution is 2.37. The van der Waals surface area contributed by atoms with E-state index >= 15 is 0 Å². The lowest BCUT2D eigenvalue weighted by Crippen LogP contribution is -2.51. The van der Waals surface area contributed by atoms with Crippen molar-refractivity contribution in [1.82, 2.24) is 35.1 Å². The lowest BCUT2D eigenvalue weighted by atomic mass is 10.1. The van der Waals surface area contributed by atoms with Gasteiger partial charge in [-0.15, -0.1) is 0 Å². The Hall–Kier alpha value is -4.09. The number of nitrogens with one attached hydrogen (secondary N) is 1. The lowest BCUT2D eigenvalue weighted by Gasteiger charge is -2.39. The molecule has 1 aromatic carbocycles. The Morgan fingerprint density at radius 2 is 1.88 bits per heavy atom. The zero-order chi connectivity index (χ0) is 23.3. The molecule has 4 aromatic rings. The molecule has 0 atom stereocenters. The normalized spacial score (nSPS) is 14.5. The number of hydrogen-bond acceptors (Lipinski definition) is 5. The number of nitrogens with zero attached hydrogens (tertiary/aromatic N) is 6. The highest BCUT2D eigenvalue weighted by atomic mass is 19.4. The van der Waals surface area contributed by atoms with Gasteiger partial charge in [0.05, 0.1) is 23.3 Å². The predicted molar refractivity (Wildman–Crippen MR) is 109 cm³/mol. The molecule has 1 aliphatic heterocycles. The zero-order valence-electron chi connectivity index (χ0n) is 16.8. The number of aromatic nitrogens is 6. The minimum atomic E-state index is -4.46. The van der Waals surface area contributed by atoms with Crippen LogP contribution in [0.25, 0.3) is 33.5 Å². The van der Waals surface area contributed by atoms with E-state index in [2.05, 4.69) is 32.1 Å². The van der Waals surface area contributed by atoms with Gasteiger partial charge in [-0.3, -0.25) is 14.5 Å². The van der Waals surface area contributed by atoms with E-state index in [4.69, 9.17) is 0 Å². The second-order valence-corrected chi connectivity index (χ2v) is 7.55. The summed E-state index contributed by atoms with van der Waals surface area (Å²) in [5.74, 6) is -1.84.